The van der Waals surface area contributed by atoms with Gasteiger partial charge in [0, 0.05) is 44.7 Å². The second-order valence-electron chi connectivity index (χ2n) is 7.30. The summed E-state index contributed by atoms with van der Waals surface area (Å²) in [6.45, 7) is 7.04. The van der Waals surface area contributed by atoms with E-state index in [0.717, 1.165) is 70.8 Å². The zero-order valence-electron chi connectivity index (χ0n) is 15.7. The summed E-state index contributed by atoms with van der Waals surface area (Å²) in [7, 11) is 0. The third-order valence-electron chi connectivity index (χ3n) is 5.36. The summed E-state index contributed by atoms with van der Waals surface area (Å²) >= 11 is 1.78. The molecule has 0 radical (unpaired) electrons. The molecule has 0 bridgehead atoms. The molecule has 1 aromatic rings. The topological polar surface area (TPSA) is 59.9 Å². The van der Waals surface area contributed by atoms with Crippen molar-refractivity contribution in [2.75, 3.05) is 26.2 Å². The fraction of sp³-hybridized carbons (Fsp3) is 0.737. The van der Waals surface area contributed by atoms with Gasteiger partial charge in [-0.3, -0.25) is 9.89 Å². The Balaban J connectivity index is 0.00000243. The Morgan fingerprint density at radius 2 is 2.12 bits per heavy atom. The number of aliphatic hydroxyl groups excluding tert-OH is 1. The minimum Gasteiger partial charge on any atom is -0.393 e. The van der Waals surface area contributed by atoms with Gasteiger partial charge in [-0.1, -0.05) is 6.42 Å². The minimum absolute atomic E-state index is 0. The molecule has 0 spiro atoms. The number of piperidine rings is 1. The predicted molar refractivity (Wildman–Crippen MR) is 120 cm³/mol. The zero-order valence-corrected chi connectivity index (χ0v) is 18.8. The van der Waals surface area contributed by atoms with E-state index in [1.165, 1.54) is 5.56 Å². The van der Waals surface area contributed by atoms with Crippen molar-refractivity contribution in [2.45, 2.75) is 57.7 Å². The third kappa shape index (κ3) is 6.65. The van der Waals surface area contributed by atoms with Crippen LogP contribution in [-0.2, 0) is 6.54 Å². The molecule has 0 amide bonds. The lowest BCUT2D eigenvalue weighted by Crippen LogP contribution is -2.48. The Bertz CT molecular complexity index is 532. The van der Waals surface area contributed by atoms with Crippen LogP contribution in [0.1, 0.15) is 44.6 Å². The number of hydrogen-bond donors (Lipinski definition) is 3. The number of nitrogens with zero attached hydrogens (tertiary/aromatic N) is 2. The Kier molecular flexibility index (Phi) is 9.66. The Labute approximate surface area is 178 Å². The molecule has 2 unspecified atom stereocenters. The van der Waals surface area contributed by atoms with Crippen LogP contribution in [0.5, 0.6) is 0 Å². The SMILES string of the molecule is CCNC(=NCC1CCCC1O)NC1CCN(Cc2ccsc2)CC1.I. The number of likely N-dealkylation sites (tertiary alicyclic amines) is 1. The van der Waals surface area contributed by atoms with Gasteiger partial charge in [0.05, 0.1) is 6.10 Å². The van der Waals surface area contributed by atoms with Crippen molar-refractivity contribution in [3.05, 3.63) is 22.4 Å². The van der Waals surface area contributed by atoms with Gasteiger partial charge >= 0.3 is 0 Å². The van der Waals surface area contributed by atoms with Gasteiger partial charge < -0.3 is 15.7 Å². The van der Waals surface area contributed by atoms with Gasteiger partial charge in [0.15, 0.2) is 5.96 Å². The number of aliphatic hydroxyl groups is 1. The Morgan fingerprint density at radius 3 is 2.73 bits per heavy atom. The van der Waals surface area contributed by atoms with E-state index in [4.69, 9.17) is 4.99 Å². The lowest BCUT2D eigenvalue weighted by molar-refractivity contribution is 0.136. The van der Waals surface area contributed by atoms with E-state index in [2.05, 4.69) is 39.3 Å². The molecule has 0 aromatic carbocycles. The zero-order chi connectivity index (χ0) is 17.5. The molecule has 148 valence electrons. The second kappa shape index (κ2) is 11.5. The van der Waals surface area contributed by atoms with Gasteiger partial charge in [-0.2, -0.15) is 11.3 Å². The van der Waals surface area contributed by atoms with Crippen molar-refractivity contribution in [1.82, 2.24) is 15.5 Å². The molecule has 2 atom stereocenters. The van der Waals surface area contributed by atoms with E-state index in [9.17, 15) is 5.11 Å². The molecule has 2 heterocycles. The molecule has 1 saturated heterocycles. The molecule has 1 saturated carbocycles. The molecule has 3 rings (SSSR count). The van der Waals surface area contributed by atoms with Crippen LogP contribution in [-0.4, -0.2) is 54.3 Å². The van der Waals surface area contributed by atoms with Gasteiger partial charge in [0.2, 0.25) is 0 Å². The summed E-state index contributed by atoms with van der Waals surface area (Å²) < 4.78 is 0. The Morgan fingerprint density at radius 1 is 1.31 bits per heavy atom. The first-order chi connectivity index (χ1) is 12.2. The molecule has 7 heteroatoms. The summed E-state index contributed by atoms with van der Waals surface area (Å²) in [6.07, 6.45) is 5.32. The van der Waals surface area contributed by atoms with Gasteiger partial charge in [0.25, 0.3) is 0 Å². The van der Waals surface area contributed by atoms with Crippen LogP contribution in [0, 0.1) is 5.92 Å². The van der Waals surface area contributed by atoms with Crippen LogP contribution >= 0.6 is 35.3 Å². The van der Waals surface area contributed by atoms with E-state index in [1.54, 1.807) is 11.3 Å². The molecule has 1 aliphatic carbocycles. The summed E-state index contributed by atoms with van der Waals surface area (Å²) in [5, 5.41) is 21.3. The van der Waals surface area contributed by atoms with Crippen LogP contribution in [0.3, 0.4) is 0 Å². The highest BCUT2D eigenvalue weighted by Gasteiger charge is 2.25. The molecule has 3 N–H and O–H groups in total. The lowest BCUT2D eigenvalue weighted by atomic mass is 10.0. The quantitative estimate of drug-likeness (QED) is 0.325. The number of hydrogen-bond acceptors (Lipinski definition) is 4. The number of thiophene rings is 1. The number of halogens is 1. The second-order valence-corrected chi connectivity index (χ2v) is 8.08. The monoisotopic (exact) mass is 492 g/mol. The van der Waals surface area contributed by atoms with E-state index < -0.39 is 0 Å². The van der Waals surface area contributed by atoms with Crippen molar-refractivity contribution in [1.29, 1.82) is 0 Å². The predicted octanol–water partition coefficient (Wildman–Crippen LogP) is 3.05. The van der Waals surface area contributed by atoms with Gasteiger partial charge in [-0.15, -0.1) is 24.0 Å². The molecule has 1 aliphatic heterocycles. The third-order valence-corrected chi connectivity index (χ3v) is 6.09. The highest BCUT2D eigenvalue weighted by atomic mass is 127. The fourth-order valence-corrected chi connectivity index (χ4v) is 4.49. The van der Waals surface area contributed by atoms with Gasteiger partial charge in [-0.05, 0) is 55.0 Å². The normalized spacial score (nSPS) is 25.1. The molecule has 1 aromatic heterocycles. The average molecular weight is 492 g/mol. The van der Waals surface area contributed by atoms with Crippen molar-refractivity contribution in [3.8, 4) is 0 Å². The number of nitrogens with one attached hydrogen (secondary N) is 2. The number of rotatable bonds is 6. The van der Waals surface area contributed by atoms with Crippen molar-refractivity contribution < 1.29 is 5.11 Å². The largest absolute Gasteiger partial charge is 0.393 e. The maximum atomic E-state index is 9.97. The van der Waals surface area contributed by atoms with Crippen LogP contribution in [0.4, 0.5) is 0 Å². The van der Waals surface area contributed by atoms with Crippen LogP contribution in [0.25, 0.3) is 0 Å². The van der Waals surface area contributed by atoms with Gasteiger partial charge in [-0.25, -0.2) is 0 Å². The molecule has 5 nitrogen and oxygen atoms in total. The summed E-state index contributed by atoms with van der Waals surface area (Å²) in [5.41, 5.74) is 1.43. The van der Waals surface area contributed by atoms with Crippen LogP contribution < -0.4 is 10.6 Å². The molecule has 26 heavy (non-hydrogen) atoms. The molecular formula is C19H33IN4OS. The van der Waals surface area contributed by atoms with Crippen LogP contribution in [0.2, 0.25) is 0 Å². The first kappa shape index (κ1) is 21.9. The number of guanidine groups is 1. The minimum atomic E-state index is -0.160. The van der Waals surface area contributed by atoms with E-state index in [0.29, 0.717) is 12.0 Å². The van der Waals surface area contributed by atoms with Crippen molar-refractivity contribution >= 4 is 41.3 Å². The fourth-order valence-electron chi connectivity index (χ4n) is 3.83. The maximum absolute atomic E-state index is 9.97. The standard InChI is InChI=1S/C19H32N4OS.HI/c1-2-20-19(21-12-16-4-3-5-18(16)24)22-17-6-9-23(10-7-17)13-15-8-11-25-14-15;/h8,11,14,16-18,24H,2-7,9-10,12-13H2,1H3,(H2,20,21,22);1H. The van der Waals surface area contributed by atoms with E-state index >= 15 is 0 Å². The van der Waals surface area contributed by atoms with Crippen LogP contribution in [0.15, 0.2) is 21.8 Å². The highest BCUT2D eigenvalue weighted by Crippen LogP contribution is 2.25. The average Bonchev–Trinajstić information content (AvgIpc) is 3.26. The maximum Gasteiger partial charge on any atom is 0.191 e. The smallest absolute Gasteiger partial charge is 0.191 e. The van der Waals surface area contributed by atoms with Gasteiger partial charge in [0.1, 0.15) is 0 Å². The summed E-state index contributed by atoms with van der Waals surface area (Å²) in [5.74, 6) is 1.25. The molecule has 2 fully saturated rings. The van der Waals surface area contributed by atoms with E-state index in [-0.39, 0.29) is 30.1 Å². The summed E-state index contributed by atoms with van der Waals surface area (Å²) in [6, 6.07) is 2.72. The number of aliphatic imine (C=N–C) groups is 1. The first-order valence-electron chi connectivity index (χ1n) is 9.71. The molecule has 2 aliphatic rings. The van der Waals surface area contributed by atoms with E-state index in [1.807, 2.05) is 0 Å². The lowest BCUT2D eigenvalue weighted by Gasteiger charge is -2.33. The Hall–Kier alpha value is -0.380. The summed E-state index contributed by atoms with van der Waals surface area (Å²) in [4.78, 5) is 7.28. The molecular weight excluding hydrogens is 459 g/mol. The van der Waals surface area contributed by atoms with Crippen molar-refractivity contribution in [2.24, 2.45) is 10.9 Å². The highest BCUT2D eigenvalue weighted by molar-refractivity contribution is 14.0. The van der Waals surface area contributed by atoms with Crippen molar-refractivity contribution in [3.63, 3.8) is 0 Å². The first-order valence-corrected chi connectivity index (χ1v) is 10.6.